The summed E-state index contributed by atoms with van der Waals surface area (Å²) in [7, 11) is 0. The van der Waals surface area contributed by atoms with Gasteiger partial charge in [0.05, 0.1) is 12.1 Å². The maximum Gasteiger partial charge on any atom is 0.238 e. The highest BCUT2D eigenvalue weighted by Gasteiger charge is 2.21. The lowest BCUT2D eigenvalue weighted by molar-refractivity contribution is -0.119. The molecule has 0 bridgehead atoms. The van der Waals surface area contributed by atoms with E-state index in [2.05, 4.69) is 23.6 Å². The number of nitrogens with one attached hydrogen (secondary N) is 2. The van der Waals surface area contributed by atoms with Gasteiger partial charge in [0, 0.05) is 23.5 Å². The summed E-state index contributed by atoms with van der Waals surface area (Å²) in [4.78, 5) is 28.4. The molecule has 1 aromatic heterocycles. The summed E-state index contributed by atoms with van der Waals surface area (Å²) in [5.74, 6) is -0.194. The van der Waals surface area contributed by atoms with Crippen molar-refractivity contribution < 1.29 is 9.59 Å². The molecule has 2 N–H and O–H groups in total. The number of carbonyl (C=O) groups excluding carboxylic acids is 2. The molecule has 0 saturated heterocycles. The van der Waals surface area contributed by atoms with E-state index in [4.69, 9.17) is 0 Å². The van der Waals surface area contributed by atoms with Crippen LogP contribution in [0, 0.1) is 18.3 Å². The summed E-state index contributed by atoms with van der Waals surface area (Å²) >= 11 is 1.55. The monoisotopic (exact) mass is 452 g/mol. The smallest absolute Gasteiger partial charge is 0.238 e. The van der Waals surface area contributed by atoms with Crippen molar-refractivity contribution in [1.82, 2.24) is 4.90 Å². The molecule has 1 aromatic carbocycles. The molecule has 2 aromatic rings. The zero-order chi connectivity index (χ0) is 22.9. The molecule has 0 unspecified atom stereocenters. The van der Waals surface area contributed by atoms with Gasteiger partial charge in [-0.3, -0.25) is 14.5 Å². The zero-order valence-electron chi connectivity index (χ0n) is 19.0. The fraction of sp³-hybridized carbons (Fsp3) is 0.480. The number of hydrogen-bond acceptors (Lipinski definition) is 5. The van der Waals surface area contributed by atoms with Crippen LogP contribution in [0.15, 0.2) is 24.3 Å². The van der Waals surface area contributed by atoms with Gasteiger partial charge in [-0.15, -0.1) is 11.3 Å². The topological polar surface area (TPSA) is 85.2 Å². The Bertz CT molecular complexity index is 992. The van der Waals surface area contributed by atoms with E-state index in [1.807, 2.05) is 36.1 Å². The van der Waals surface area contributed by atoms with Crippen LogP contribution in [0.3, 0.4) is 0 Å². The summed E-state index contributed by atoms with van der Waals surface area (Å²) < 4.78 is 0. The molecule has 2 amide bonds. The number of carbonyl (C=O) groups is 2. The van der Waals surface area contributed by atoms with E-state index in [1.54, 1.807) is 11.3 Å². The number of para-hydroxylation sites is 1. The molecule has 7 heteroatoms. The molecule has 0 spiro atoms. The van der Waals surface area contributed by atoms with E-state index in [0.29, 0.717) is 17.1 Å². The largest absolute Gasteiger partial charge is 0.325 e. The second kappa shape index (κ2) is 11.8. The molecule has 32 heavy (non-hydrogen) atoms. The van der Waals surface area contributed by atoms with E-state index >= 15 is 0 Å². The van der Waals surface area contributed by atoms with Gasteiger partial charge in [0.25, 0.3) is 0 Å². The number of amides is 2. The third-order valence-corrected chi connectivity index (χ3v) is 6.97. The molecule has 170 valence electrons. The molecule has 1 aliphatic carbocycles. The van der Waals surface area contributed by atoms with Crippen molar-refractivity contribution in [3.63, 3.8) is 0 Å². The van der Waals surface area contributed by atoms with E-state index in [0.717, 1.165) is 55.5 Å². The number of benzene rings is 1. The number of thiophene rings is 1. The Morgan fingerprint density at radius 1 is 1.09 bits per heavy atom. The average molecular weight is 453 g/mol. The van der Waals surface area contributed by atoms with Crippen molar-refractivity contribution >= 4 is 33.8 Å². The number of fused-ring (bicyclic) bond motifs is 1. The Morgan fingerprint density at radius 2 is 1.88 bits per heavy atom. The second-order valence-corrected chi connectivity index (χ2v) is 9.42. The molecule has 0 atom stereocenters. The minimum absolute atomic E-state index is 0.0816. The molecule has 0 fully saturated rings. The van der Waals surface area contributed by atoms with Crippen molar-refractivity contribution in [2.45, 2.75) is 58.8 Å². The van der Waals surface area contributed by atoms with E-state index in [1.165, 1.54) is 11.3 Å². The highest BCUT2D eigenvalue weighted by Crippen LogP contribution is 2.37. The van der Waals surface area contributed by atoms with Gasteiger partial charge in [-0.1, -0.05) is 31.5 Å². The summed E-state index contributed by atoms with van der Waals surface area (Å²) in [5, 5.41) is 16.3. The van der Waals surface area contributed by atoms with Crippen molar-refractivity contribution in [1.29, 1.82) is 5.26 Å². The predicted octanol–water partition coefficient (Wildman–Crippen LogP) is 4.88. The quantitative estimate of drug-likeness (QED) is 0.531. The van der Waals surface area contributed by atoms with Gasteiger partial charge in [0.2, 0.25) is 11.8 Å². The third-order valence-electron chi connectivity index (χ3n) is 5.77. The maximum absolute atomic E-state index is 12.7. The third kappa shape index (κ3) is 6.41. The standard InChI is InChI=1S/C25H32N4O2S/c1-3-14-29(17-24(31)27-21-11-8-7-9-18(21)2)15-13-23(30)28-25-20(16-26)19-10-5-4-6-12-22(19)32-25/h7-9,11H,3-6,10,12-15,17H2,1-2H3,(H,27,31)(H,28,30). The number of nitriles is 1. The van der Waals surface area contributed by atoms with Crippen LogP contribution in [0.25, 0.3) is 0 Å². The molecule has 6 nitrogen and oxygen atoms in total. The minimum Gasteiger partial charge on any atom is -0.325 e. The summed E-state index contributed by atoms with van der Waals surface area (Å²) in [6.07, 6.45) is 6.53. The zero-order valence-corrected chi connectivity index (χ0v) is 19.8. The molecule has 1 aliphatic rings. The first kappa shape index (κ1) is 24.0. The summed E-state index contributed by atoms with van der Waals surface area (Å²) in [6.45, 7) is 5.50. The summed E-state index contributed by atoms with van der Waals surface area (Å²) in [6, 6.07) is 10.00. The second-order valence-electron chi connectivity index (χ2n) is 8.32. The number of anilines is 2. The Balaban J connectivity index is 1.55. The average Bonchev–Trinajstić information content (AvgIpc) is 2.92. The van der Waals surface area contributed by atoms with Gasteiger partial charge < -0.3 is 10.6 Å². The van der Waals surface area contributed by atoms with Gasteiger partial charge in [-0.05, 0) is 62.8 Å². The van der Waals surface area contributed by atoms with Crippen LogP contribution in [-0.2, 0) is 22.4 Å². The number of hydrogen-bond donors (Lipinski definition) is 2. The lowest BCUT2D eigenvalue weighted by Gasteiger charge is -2.21. The van der Waals surface area contributed by atoms with Crippen LogP contribution in [0.4, 0.5) is 10.7 Å². The number of nitrogens with zero attached hydrogens (tertiary/aromatic N) is 2. The number of rotatable bonds is 9. The Hall–Kier alpha value is -2.69. The predicted molar refractivity (Wildman–Crippen MR) is 130 cm³/mol. The maximum atomic E-state index is 12.7. The Labute approximate surface area is 194 Å². The van der Waals surface area contributed by atoms with Crippen LogP contribution in [0.5, 0.6) is 0 Å². The highest BCUT2D eigenvalue weighted by molar-refractivity contribution is 7.16. The van der Waals surface area contributed by atoms with Gasteiger partial charge >= 0.3 is 0 Å². The Kier molecular flexibility index (Phi) is 8.83. The number of aryl methyl sites for hydroxylation is 2. The van der Waals surface area contributed by atoms with Crippen molar-refractivity contribution in [2.75, 3.05) is 30.3 Å². The first-order valence-electron chi connectivity index (χ1n) is 11.4. The van der Waals surface area contributed by atoms with Crippen molar-refractivity contribution in [3.05, 3.63) is 45.8 Å². The SMILES string of the molecule is CCCN(CCC(=O)Nc1sc2c(c1C#N)CCCCC2)CC(=O)Nc1ccccc1C. The van der Waals surface area contributed by atoms with Crippen LogP contribution in [-0.4, -0.2) is 36.3 Å². The molecule has 3 rings (SSSR count). The van der Waals surface area contributed by atoms with Crippen LogP contribution < -0.4 is 10.6 Å². The normalized spacial score (nSPS) is 13.2. The highest BCUT2D eigenvalue weighted by atomic mass is 32.1. The van der Waals surface area contributed by atoms with E-state index in [-0.39, 0.29) is 24.8 Å². The first-order chi connectivity index (χ1) is 15.5. The molecule has 0 aliphatic heterocycles. The van der Waals surface area contributed by atoms with Crippen LogP contribution in [0.2, 0.25) is 0 Å². The molecule has 0 saturated carbocycles. The fourth-order valence-corrected chi connectivity index (χ4v) is 5.35. The van der Waals surface area contributed by atoms with Gasteiger partial charge in [0.15, 0.2) is 0 Å². The first-order valence-corrected chi connectivity index (χ1v) is 12.3. The van der Waals surface area contributed by atoms with E-state index in [9.17, 15) is 14.9 Å². The lowest BCUT2D eigenvalue weighted by Crippen LogP contribution is -2.36. The van der Waals surface area contributed by atoms with Crippen LogP contribution in [0.1, 0.15) is 60.6 Å². The summed E-state index contributed by atoms with van der Waals surface area (Å²) in [5.41, 5.74) is 3.60. The fourth-order valence-electron chi connectivity index (χ4n) is 4.09. The molecule has 0 radical (unpaired) electrons. The van der Waals surface area contributed by atoms with E-state index < -0.39 is 0 Å². The van der Waals surface area contributed by atoms with Crippen molar-refractivity contribution in [2.24, 2.45) is 0 Å². The minimum atomic E-state index is -0.113. The van der Waals surface area contributed by atoms with Crippen LogP contribution >= 0.6 is 11.3 Å². The Morgan fingerprint density at radius 3 is 2.62 bits per heavy atom. The van der Waals surface area contributed by atoms with Gasteiger partial charge in [0.1, 0.15) is 11.1 Å². The molecule has 1 heterocycles. The van der Waals surface area contributed by atoms with Gasteiger partial charge in [-0.25, -0.2) is 0 Å². The molecular formula is C25H32N4O2S. The van der Waals surface area contributed by atoms with Crippen molar-refractivity contribution in [3.8, 4) is 6.07 Å². The van der Waals surface area contributed by atoms with Gasteiger partial charge in [-0.2, -0.15) is 5.26 Å². The lowest BCUT2D eigenvalue weighted by atomic mass is 10.1. The molecular weight excluding hydrogens is 420 g/mol.